The molecule has 1 N–H and O–H groups in total. The number of benzene rings is 2. The molecule has 2 aromatic carbocycles. The van der Waals surface area contributed by atoms with Gasteiger partial charge in [-0.1, -0.05) is 43.5 Å². The van der Waals surface area contributed by atoms with Gasteiger partial charge < -0.3 is 5.32 Å². The van der Waals surface area contributed by atoms with Crippen LogP contribution >= 0.6 is 11.6 Å². The third-order valence-electron chi connectivity index (χ3n) is 6.40. The summed E-state index contributed by atoms with van der Waals surface area (Å²) in [5.41, 5.74) is 1.02. The monoisotopic (exact) mass is 479 g/mol. The van der Waals surface area contributed by atoms with Gasteiger partial charge in [-0.05, 0) is 55.2 Å². The minimum atomic E-state index is -0.377. The minimum Gasteiger partial charge on any atom is -0.349 e. The fourth-order valence-electron chi connectivity index (χ4n) is 4.73. The largest absolute Gasteiger partial charge is 0.352 e. The molecule has 2 heterocycles. The lowest BCUT2D eigenvalue weighted by Gasteiger charge is -2.13. The van der Waals surface area contributed by atoms with Crippen molar-refractivity contribution in [3.8, 4) is 0 Å². The van der Waals surface area contributed by atoms with Gasteiger partial charge in [-0.15, -0.1) is 5.10 Å². The molecule has 5 rings (SSSR count). The number of nitrogens with zero attached hydrogens (tertiary/aromatic N) is 4. The van der Waals surface area contributed by atoms with Gasteiger partial charge in [-0.2, -0.15) is 0 Å². The van der Waals surface area contributed by atoms with E-state index in [0.29, 0.717) is 34.5 Å². The molecule has 8 nitrogen and oxygen atoms in total. The van der Waals surface area contributed by atoms with E-state index in [1.165, 1.54) is 13.6 Å². The number of hydrogen-bond donors (Lipinski definition) is 1. The molecule has 9 heteroatoms. The van der Waals surface area contributed by atoms with Crippen molar-refractivity contribution < 1.29 is 4.79 Å². The minimum absolute atomic E-state index is 0.170. The predicted molar refractivity (Wildman–Crippen MR) is 132 cm³/mol. The molecule has 0 radical (unpaired) electrons. The molecule has 1 fully saturated rings. The van der Waals surface area contributed by atoms with Gasteiger partial charge in [0.1, 0.15) is 0 Å². The average molecular weight is 480 g/mol. The second-order valence-corrected chi connectivity index (χ2v) is 9.29. The normalized spacial score (nSPS) is 14.3. The Hall–Kier alpha value is -3.39. The van der Waals surface area contributed by atoms with Gasteiger partial charge in [-0.25, -0.2) is 13.9 Å². The summed E-state index contributed by atoms with van der Waals surface area (Å²) in [4.78, 5) is 39.7. The van der Waals surface area contributed by atoms with Crippen LogP contribution in [0.25, 0.3) is 16.7 Å². The molecule has 1 amide bonds. The molecule has 0 atom stereocenters. The van der Waals surface area contributed by atoms with Crippen LogP contribution in [0.1, 0.15) is 54.9 Å². The predicted octanol–water partition coefficient (Wildman–Crippen LogP) is 3.60. The van der Waals surface area contributed by atoms with Crippen LogP contribution in [-0.2, 0) is 13.1 Å². The van der Waals surface area contributed by atoms with E-state index in [0.717, 1.165) is 31.2 Å². The average Bonchev–Trinajstić information content (AvgIpc) is 3.44. The van der Waals surface area contributed by atoms with Crippen molar-refractivity contribution in [3.05, 3.63) is 79.5 Å². The smallest absolute Gasteiger partial charge is 0.349 e. The highest BCUT2D eigenvalue weighted by Gasteiger charge is 2.21. The number of aromatic nitrogens is 4. The Morgan fingerprint density at radius 1 is 1.15 bits per heavy atom. The number of rotatable bonds is 6. The van der Waals surface area contributed by atoms with Gasteiger partial charge in [0, 0.05) is 23.2 Å². The number of amides is 1. The first-order valence-corrected chi connectivity index (χ1v) is 12.1. The lowest BCUT2D eigenvalue weighted by Crippen LogP contribution is -2.32. The molecule has 1 aliphatic carbocycles. The maximum atomic E-state index is 13.5. The molecule has 0 bridgehead atoms. The van der Waals surface area contributed by atoms with E-state index in [2.05, 4.69) is 10.4 Å². The summed E-state index contributed by atoms with van der Waals surface area (Å²) in [6.45, 7) is 2.60. The molecule has 1 saturated carbocycles. The summed E-state index contributed by atoms with van der Waals surface area (Å²) < 4.78 is 4.29. The van der Waals surface area contributed by atoms with Gasteiger partial charge in [0.15, 0.2) is 0 Å². The van der Waals surface area contributed by atoms with Crippen molar-refractivity contribution in [1.82, 2.24) is 24.1 Å². The van der Waals surface area contributed by atoms with Crippen LogP contribution in [0.3, 0.4) is 0 Å². The zero-order valence-corrected chi connectivity index (χ0v) is 19.7. The van der Waals surface area contributed by atoms with Crippen LogP contribution in [0.4, 0.5) is 0 Å². The van der Waals surface area contributed by atoms with Crippen LogP contribution in [0.15, 0.2) is 52.1 Å². The Kier molecular flexibility index (Phi) is 6.00. The van der Waals surface area contributed by atoms with Crippen LogP contribution in [-0.4, -0.2) is 30.7 Å². The van der Waals surface area contributed by atoms with Crippen molar-refractivity contribution >= 4 is 34.2 Å². The first-order valence-electron chi connectivity index (χ1n) is 11.7. The number of aryl methyl sites for hydroxylation is 1. The van der Waals surface area contributed by atoms with E-state index < -0.39 is 0 Å². The van der Waals surface area contributed by atoms with E-state index >= 15 is 0 Å². The fraction of sp³-hybridized carbons (Fsp3) is 0.360. The summed E-state index contributed by atoms with van der Waals surface area (Å²) in [5.74, 6) is 0.0683. The van der Waals surface area contributed by atoms with E-state index in [1.54, 1.807) is 30.3 Å². The standard InChI is InChI=1S/C25H26ClN5O3/c1-2-12-29-23(33)20-11-10-17(22(32)27-19-8-3-4-9-19)14-21(20)31-24(29)28-30(25(31)34)15-16-6-5-7-18(26)13-16/h5-7,10-11,13-14,19H,2-4,8-9,12,15H2,1H3,(H,27,32). The zero-order chi connectivity index (χ0) is 23.8. The summed E-state index contributed by atoms with van der Waals surface area (Å²) >= 11 is 6.11. The van der Waals surface area contributed by atoms with Crippen LogP contribution in [0.2, 0.25) is 5.02 Å². The molecule has 4 aromatic rings. The molecular weight excluding hydrogens is 454 g/mol. The number of fused-ring (bicyclic) bond motifs is 3. The summed E-state index contributed by atoms with van der Waals surface area (Å²) in [7, 11) is 0. The van der Waals surface area contributed by atoms with E-state index in [1.807, 2.05) is 19.1 Å². The van der Waals surface area contributed by atoms with Gasteiger partial charge in [0.2, 0.25) is 5.78 Å². The molecule has 0 aliphatic heterocycles. The van der Waals surface area contributed by atoms with Crippen LogP contribution in [0.5, 0.6) is 0 Å². The Balaban J connectivity index is 1.67. The molecule has 1 aliphatic rings. The Labute approximate surface area is 200 Å². The highest BCUT2D eigenvalue weighted by atomic mass is 35.5. The maximum Gasteiger partial charge on any atom is 0.352 e. The second-order valence-electron chi connectivity index (χ2n) is 8.85. The van der Waals surface area contributed by atoms with Gasteiger partial charge >= 0.3 is 5.69 Å². The number of halogens is 1. The lowest BCUT2D eigenvalue weighted by molar-refractivity contribution is 0.0938. The van der Waals surface area contributed by atoms with Crippen molar-refractivity contribution in [3.63, 3.8) is 0 Å². The Morgan fingerprint density at radius 3 is 2.68 bits per heavy atom. The molecular formula is C25H26ClN5O3. The quantitative estimate of drug-likeness (QED) is 0.457. The van der Waals surface area contributed by atoms with E-state index in [-0.39, 0.29) is 35.5 Å². The Bertz CT molecular complexity index is 1510. The van der Waals surface area contributed by atoms with Crippen LogP contribution in [0, 0.1) is 0 Å². The number of hydrogen-bond acceptors (Lipinski definition) is 4. The van der Waals surface area contributed by atoms with Crippen molar-refractivity contribution in [2.24, 2.45) is 0 Å². The van der Waals surface area contributed by atoms with Gasteiger partial charge in [-0.3, -0.25) is 14.2 Å². The summed E-state index contributed by atoms with van der Waals surface area (Å²) in [6.07, 6.45) is 4.88. The van der Waals surface area contributed by atoms with Gasteiger partial charge in [0.05, 0.1) is 17.4 Å². The second kappa shape index (κ2) is 9.10. The first kappa shape index (κ1) is 22.4. The SMILES string of the molecule is CCCn1c(=O)c2ccc(C(=O)NC3CCCC3)cc2n2c(=O)n(Cc3cccc(Cl)c3)nc12. The third kappa shape index (κ3) is 4.03. The molecule has 0 saturated heterocycles. The summed E-state index contributed by atoms with van der Waals surface area (Å²) in [5, 5.41) is 8.53. The number of carbonyl (C=O) groups is 1. The molecule has 0 unspecified atom stereocenters. The zero-order valence-electron chi connectivity index (χ0n) is 19.0. The van der Waals surface area contributed by atoms with E-state index in [4.69, 9.17) is 11.6 Å². The number of nitrogens with one attached hydrogen (secondary N) is 1. The molecule has 176 valence electrons. The first-order chi connectivity index (χ1) is 16.5. The van der Waals surface area contributed by atoms with Crippen molar-refractivity contribution in [2.75, 3.05) is 0 Å². The molecule has 2 aromatic heterocycles. The topological polar surface area (TPSA) is 90.4 Å². The Morgan fingerprint density at radius 2 is 1.94 bits per heavy atom. The highest BCUT2D eigenvalue weighted by molar-refractivity contribution is 6.30. The van der Waals surface area contributed by atoms with Crippen molar-refractivity contribution in [1.29, 1.82) is 0 Å². The van der Waals surface area contributed by atoms with Crippen molar-refractivity contribution in [2.45, 2.75) is 58.2 Å². The number of carbonyl (C=O) groups excluding carboxylic acids is 1. The van der Waals surface area contributed by atoms with Gasteiger partial charge in [0.25, 0.3) is 11.5 Å². The molecule has 0 spiro atoms. The molecule has 34 heavy (non-hydrogen) atoms. The summed E-state index contributed by atoms with van der Waals surface area (Å²) in [6, 6.07) is 12.3. The third-order valence-corrected chi connectivity index (χ3v) is 6.63. The maximum absolute atomic E-state index is 13.5. The van der Waals surface area contributed by atoms with E-state index in [9.17, 15) is 14.4 Å². The fourth-order valence-corrected chi connectivity index (χ4v) is 4.95. The van der Waals surface area contributed by atoms with Crippen LogP contribution < -0.4 is 16.6 Å². The lowest BCUT2D eigenvalue weighted by atomic mass is 10.1. The highest BCUT2D eigenvalue weighted by Crippen LogP contribution is 2.20.